The molecule has 6 heteroatoms. The molecule has 1 N–H and O–H groups in total. The van der Waals surface area contributed by atoms with Gasteiger partial charge in [0.15, 0.2) is 11.5 Å². The zero-order chi connectivity index (χ0) is 14.3. The minimum Gasteiger partial charge on any atom is -0.493 e. The Morgan fingerprint density at radius 3 is 2.68 bits per heavy atom. The molecule has 1 aromatic rings. The smallest absolute Gasteiger partial charge is 0.273 e. The van der Waals surface area contributed by atoms with Gasteiger partial charge in [-0.25, -0.2) is 0 Å². The van der Waals surface area contributed by atoms with Crippen LogP contribution in [0, 0.1) is 10.1 Å². The van der Waals surface area contributed by atoms with E-state index in [2.05, 4.69) is 19.2 Å². The molecule has 1 aromatic carbocycles. The van der Waals surface area contributed by atoms with Gasteiger partial charge in [0, 0.05) is 12.1 Å². The number of nitrogens with one attached hydrogen (secondary N) is 1. The van der Waals surface area contributed by atoms with Crippen molar-refractivity contribution >= 4 is 5.69 Å². The highest BCUT2D eigenvalue weighted by Crippen LogP contribution is 2.31. The van der Waals surface area contributed by atoms with Crippen molar-refractivity contribution in [3.8, 4) is 11.5 Å². The molecule has 0 fully saturated rings. The molecule has 0 saturated carbocycles. The summed E-state index contributed by atoms with van der Waals surface area (Å²) in [5.74, 6) is 0.906. The SMILES string of the molecule is COc1ccc([N+](=O)[O-])cc1OCCCNC(C)C. The molecule has 0 radical (unpaired) electrons. The Labute approximate surface area is 112 Å². The highest BCUT2D eigenvalue weighted by molar-refractivity contribution is 5.48. The molecule has 0 bridgehead atoms. The molecular weight excluding hydrogens is 248 g/mol. The minimum absolute atomic E-state index is 0.00361. The van der Waals surface area contributed by atoms with Crippen LogP contribution in [0.5, 0.6) is 11.5 Å². The predicted octanol–water partition coefficient (Wildman–Crippen LogP) is 2.37. The Morgan fingerprint density at radius 2 is 2.11 bits per heavy atom. The lowest BCUT2D eigenvalue weighted by atomic mass is 10.3. The van der Waals surface area contributed by atoms with Crippen molar-refractivity contribution in [2.45, 2.75) is 26.3 Å². The van der Waals surface area contributed by atoms with Crippen molar-refractivity contribution in [2.24, 2.45) is 0 Å². The largest absolute Gasteiger partial charge is 0.493 e. The van der Waals surface area contributed by atoms with Crippen LogP contribution in [0.3, 0.4) is 0 Å². The maximum atomic E-state index is 10.7. The van der Waals surface area contributed by atoms with Crippen LogP contribution in [-0.2, 0) is 0 Å². The Hall–Kier alpha value is -1.82. The van der Waals surface area contributed by atoms with E-state index in [9.17, 15) is 10.1 Å². The first-order chi connectivity index (χ1) is 9.04. The molecule has 106 valence electrons. The first-order valence-electron chi connectivity index (χ1n) is 6.23. The van der Waals surface area contributed by atoms with Gasteiger partial charge >= 0.3 is 0 Å². The zero-order valence-electron chi connectivity index (χ0n) is 11.5. The van der Waals surface area contributed by atoms with E-state index in [4.69, 9.17) is 9.47 Å². The van der Waals surface area contributed by atoms with Crippen molar-refractivity contribution in [1.82, 2.24) is 5.32 Å². The second-order valence-corrected chi connectivity index (χ2v) is 4.40. The summed E-state index contributed by atoms with van der Waals surface area (Å²) in [5, 5.41) is 14.0. The number of benzene rings is 1. The number of ether oxygens (including phenoxy) is 2. The molecular formula is C13H20N2O4. The van der Waals surface area contributed by atoms with E-state index in [-0.39, 0.29) is 5.69 Å². The summed E-state index contributed by atoms with van der Waals surface area (Å²) < 4.78 is 10.6. The molecule has 0 atom stereocenters. The summed E-state index contributed by atoms with van der Waals surface area (Å²) in [6.45, 7) is 5.47. The molecule has 0 unspecified atom stereocenters. The van der Waals surface area contributed by atoms with Crippen LogP contribution in [0.15, 0.2) is 18.2 Å². The second kappa shape index (κ2) is 7.58. The second-order valence-electron chi connectivity index (χ2n) is 4.40. The van der Waals surface area contributed by atoms with Crippen molar-refractivity contribution in [3.63, 3.8) is 0 Å². The summed E-state index contributed by atoms with van der Waals surface area (Å²) >= 11 is 0. The number of methoxy groups -OCH3 is 1. The van der Waals surface area contributed by atoms with E-state index < -0.39 is 4.92 Å². The highest BCUT2D eigenvalue weighted by atomic mass is 16.6. The third kappa shape index (κ3) is 5.13. The van der Waals surface area contributed by atoms with Gasteiger partial charge in [0.05, 0.1) is 24.7 Å². The van der Waals surface area contributed by atoms with Gasteiger partial charge in [-0.3, -0.25) is 10.1 Å². The Kier molecular flexibility index (Phi) is 6.08. The summed E-state index contributed by atoms with van der Waals surface area (Å²) in [4.78, 5) is 10.3. The molecule has 1 rings (SSSR count). The van der Waals surface area contributed by atoms with Gasteiger partial charge in [-0.2, -0.15) is 0 Å². The van der Waals surface area contributed by atoms with E-state index in [0.29, 0.717) is 24.1 Å². The number of non-ortho nitro benzene ring substituents is 1. The number of rotatable bonds is 8. The lowest BCUT2D eigenvalue weighted by Crippen LogP contribution is -2.24. The molecule has 0 aliphatic heterocycles. The fourth-order valence-corrected chi connectivity index (χ4v) is 1.54. The number of hydrogen-bond acceptors (Lipinski definition) is 5. The molecule has 6 nitrogen and oxygen atoms in total. The standard InChI is InChI=1S/C13H20N2O4/c1-10(2)14-7-4-8-19-13-9-11(15(16)17)5-6-12(13)18-3/h5-6,9-10,14H,4,7-8H2,1-3H3. The van der Waals surface area contributed by atoms with E-state index >= 15 is 0 Å². The number of nitrogens with zero attached hydrogens (tertiary/aromatic N) is 1. The number of hydrogen-bond donors (Lipinski definition) is 1. The highest BCUT2D eigenvalue weighted by Gasteiger charge is 2.12. The molecule has 0 heterocycles. The van der Waals surface area contributed by atoms with Crippen LogP contribution in [0.2, 0.25) is 0 Å². The number of nitro groups is 1. The normalized spacial score (nSPS) is 10.5. The van der Waals surface area contributed by atoms with Gasteiger partial charge in [0.2, 0.25) is 0 Å². The fourth-order valence-electron chi connectivity index (χ4n) is 1.54. The molecule has 0 aliphatic rings. The van der Waals surface area contributed by atoms with E-state index in [1.165, 1.54) is 19.2 Å². The first kappa shape index (κ1) is 15.2. The van der Waals surface area contributed by atoms with Crippen molar-refractivity contribution in [1.29, 1.82) is 0 Å². The fraction of sp³-hybridized carbons (Fsp3) is 0.538. The average Bonchev–Trinajstić information content (AvgIpc) is 2.37. The maximum Gasteiger partial charge on any atom is 0.273 e. The Bertz CT molecular complexity index is 421. The maximum absolute atomic E-state index is 10.7. The van der Waals surface area contributed by atoms with Crippen molar-refractivity contribution in [3.05, 3.63) is 28.3 Å². The van der Waals surface area contributed by atoms with Crippen LogP contribution in [0.4, 0.5) is 5.69 Å². The molecule has 19 heavy (non-hydrogen) atoms. The Balaban J connectivity index is 2.55. The zero-order valence-corrected chi connectivity index (χ0v) is 11.5. The summed E-state index contributed by atoms with van der Waals surface area (Å²) in [7, 11) is 1.51. The third-order valence-corrected chi connectivity index (χ3v) is 2.49. The lowest BCUT2D eigenvalue weighted by molar-refractivity contribution is -0.385. The number of nitro benzene ring substituents is 1. The summed E-state index contributed by atoms with van der Waals surface area (Å²) in [6, 6.07) is 4.76. The van der Waals surface area contributed by atoms with Crippen LogP contribution < -0.4 is 14.8 Å². The van der Waals surface area contributed by atoms with Gasteiger partial charge in [0.1, 0.15) is 0 Å². The van der Waals surface area contributed by atoms with Gasteiger partial charge in [-0.15, -0.1) is 0 Å². The molecule has 0 saturated heterocycles. The average molecular weight is 268 g/mol. The topological polar surface area (TPSA) is 73.6 Å². The van der Waals surface area contributed by atoms with E-state index in [1.54, 1.807) is 6.07 Å². The minimum atomic E-state index is -0.452. The molecule has 0 amide bonds. The van der Waals surface area contributed by atoms with Gasteiger partial charge < -0.3 is 14.8 Å². The Morgan fingerprint density at radius 1 is 1.37 bits per heavy atom. The van der Waals surface area contributed by atoms with Crippen molar-refractivity contribution < 1.29 is 14.4 Å². The van der Waals surface area contributed by atoms with Gasteiger partial charge in [-0.05, 0) is 19.0 Å². The van der Waals surface area contributed by atoms with Crippen LogP contribution in [-0.4, -0.2) is 31.2 Å². The van der Waals surface area contributed by atoms with Crippen LogP contribution in [0.25, 0.3) is 0 Å². The first-order valence-corrected chi connectivity index (χ1v) is 6.23. The predicted molar refractivity (Wildman–Crippen MR) is 72.9 cm³/mol. The van der Waals surface area contributed by atoms with Gasteiger partial charge in [0.25, 0.3) is 5.69 Å². The summed E-state index contributed by atoms with van der Waals surface area (Å²) in [5.41, 5.74) is -0.00361. The van der Waals surface area contributed by atoms with E-state index in [0.717, 1.165) is 13.0 Å². The van der Waals surface area contributed by atoms with E-state index in [1.807, 2.05) is 0 Å². The summed E-state index contributed by atoms with van der Waals surface area (Å²) in [6.07, 6.45) is 0.823. The van der Waals surface area contributed by atoms with Crippen LogP contribution >= 0.6 is 0 Å². The lowest BCUT2D eigenvalue weighted by Gasteiger charge is -2.11. The quantitative estimate of drug-likeness (QED) is 0.445. The molecule has 0 spiro atoms. The third-order valence-electron chi connectivity index (χ3n) is 2.49. The monoisotopic (exact) mass is 268 g/mol. The van der Waals surface area contributed by atoms with Gasteiger partial charge in [-0.1, -0.05) is 13.8 Å². The van der Waals surface area contributed by atoms with Crippen LogP contribution in [0.1, 0.15) is 20.3 Å². The molecule has 0 aliphatic carbocycles. The molecule has 0 aromatic heterocycles. The van der Waals surface area contributed by atoms with Crippen molar-refractivity contribution in [2.75, 3.05) is 20.3 Å².